The van der Waals surface area contributed by atoms with Crippen LogP contribution in [0.25, 0.3) is 0 Å². The molecule has 1 amide bonds. The molecular formula is C15H20N2O3S. The first-order chi connectivity index (χ1) is 10.2. The number of fused-ring (bicyclic) bond motifs is 1. The predicted octanol–water partition coefficient (Wildman–Crippen LogP) is 1.30. The highest BCUT2D eigenvalue weighted by Crippen LogP contribution is 2.29. The van der Waals surface area contributed by atoms with Crippen LogP contribution in [0.5, 0.6) is 0 Å². The van der Waals surface area contributed by atoms with Crippen LogP contribution in [0.3, 0.4) is 0 Å². The Balaban J connectivity index is 1.46. The average molecular weight is 308 g/mol. The lowest BCUT2D eigenvalue weighted by Crippen LogP contribution is -2.52. The molecule has 21 heavy (non-hydrogen) atoms. The Labute approximate surface area is 128 Å². The van der Waals surface area contributed by atoms with Gasteiger partial charge in [0.05, 0.1) is 30.7 Å². The van der Waals surface area contributed by atoms with Gasteiger partial charge in [0.1, 0.15) is 0 Å². The maximum atomic E-state index is 12.0. The smallest absolute Gasteiger partial charge is 0.234 e. The van der Waals surface area contributed by atoms with E-state index in [2.05, 4.69) is 10.2 Å². The number of Topliss-reactive ketones (excluding diaryl/α,β-unsaturated/α-hetero) is 1. The lowest BCUT2D eigenvalue weighted by atomic mass is 10.1. The van der Waals surface area contributed by atoms with Crippen LogP contribution in [0.15, 0.2) is 17.5 Å². The third-order valence-electron chi connectivity index (χ3n) is 4.19. The Hall–Kier alpha value is -1.24. The number of ketones is 1. The molecule has 0 radical (unpaired) electrons. The van der Waals surface area contributed by atoms with Crippen molar-refractivity contribution in [1.82, 2.24) is 10.2 Å². The van der Waals surface area contributed by atoms with Crippen LogP contribution in [-0.2, 0) is 9.53 Å². The first-order valence-electron chi connectivity index (χ1n) is 7.43. The van der Waals surface area contributed by atoms with Gasteiger partial charge < -0.3 is 10.1 Å². The molecule has 114 valence electrons. The van der Waals surface area contributed by atoms with Gasteiger partial charge in [0.25, 0.3) is 0 Å². The van der Waals surface area contributed by atoms with Gasteiger partial charge in [-0.2, -0.15) is 0 Å². The first-order valence-corrected chi connectivity index (χ1v) is 8.31. The maximum absolute atomic E-state index is 12.0. The zero-order chi connectivity index (χ0) is 14.7. The number of hydrogen-bond donors (Lipinski definition) is 1. The van der Waals surface area contributed by atoms with Crippen molar-refractivity contribution in [2.24, 2.45) is 0 Å². The first kappa shape index (κ1) is 14.7. The Kier molecular flexibility index (Phi) is 4.67. The largest absolute Gasteiger partial charge is 0.375 e. The van der Waals surface area contributed by atoms with Crippen molar-refractivity contribution in [3.8, 4) is 0 Å². The molecule has 0 unspecified atom stereocenters. The lowest BCUT2D eigenvalue weighted by molar-refractivity contribution is -0.126. The summed E-state index contributed by atoms with van der Waals surface area (Å²) < 4.78 is 5.73. The number of amides is 1. The quantitative estimate of drug-likeness (QED) is 0.833. The molecule has 1 aromatic rings. The highest BCUT2D eigenvalue weighted by Gasteiger charge is 2.36. The molecule has 1 saturated carbocycles. The average Bonchev–Trinajstić information content (AvgIpc) is 3.16. The van der Waals surface area contributed by atoms with Crippen LogP contribution < -0.4 is 5.32 Å². The van der Waals surface area contributed by atoms with Crippen molar-refractivity contribution in [2.75, 3.05) is 26.2 Å². The number of nitrogens with zero attached hydrogens (tertiary/aromatic N) is 1. The van der Waals surface area contributed by atoms with E-state index >= 15 is 0 Å². The van der Waals surface area contributed by atoms with Crippen molar-refractivity contribution in [2.45, 2.75) is 31.4 Å². The Morgan fingerprint density at radius 1 is 1.43 bits per heavy atom. The molecule has 6 heteroatoms. The molecule has 5 nitrogen and oxygen atoms in total. The predicted molar refractivity (Wildman–Crippen MR) is 80.6 cm³/mol. The fourth-order valence-corrected chi connectivity index (χ4v) is 3.81. The summed E-state index contributed by atoms with van der Waals surface area (Å²) in [7, 11) is 0. The van der Waals surface area contributed by atoms with Gasteiger partial charge in [0.2, 0.25) is 5.91 Å². The van der Waals surface area contributed by atoms with Gasteiger partial charge in [-0.25, -0.2) is 0 Å². The van der Waals surface area contributed by atoms with Crippen molar-refractivity contribution < 1.29 is 14.3 Å². The summed E-state index contributed by atoms with van der Waals surface area (Å²) in [6.45, 7) is 1.94. The van der Waals surface area contributed by atoms with E-state index in [9.17, 15) is 9.59 Å². The highest BCUT2D eigenvalue weighted by molar-refractivity contribution is 7.12. The van der Waals surface area contributed by atoms with Crippen LogP contribution >= 0.6 is 11.3 Å². The lowest BCUT2D eigenvalue weighted by Gasteiger charge is -2.37. The zero-order valence-electron chi connectivity index (χ0n) is 11.9. The van der Waals surface area contributed by atoms with Gasteiger partial charge in [-0.15, -0.1) is 11.3 Å². The SMILES string of the molecule is O=C(CN1CCO[C@@H]2CCC[C@@H]21)NCC(=O)c1cccs1. The van der Waals surface area contributed by atoms with Crippen molar-refractivity contribution >= 4 is 23.0 Å². The third kappa shape index (κ3) is 3.51. The monoisotopic (exact) mass is 308 g/mol. The number of rotatable bonds is 5. The summed E-state index contributed by atoms with van der Waals surface area (Å²) in [6, 6.07) is 4.00. The molecule has 1 aliphatic carbocycles. The second kappa shape index (κ2) is 6.68. The van der Waals surface area contributed by atoms with Gasteiger partial charge >= 0.3 is 0 Å². The molecule has 1 aliphatic heterocycles. The topological polar surface area (TPSA) is 58.6 Å². The minimum Gasteiger partial charge on any atom is -0.375 e. The van der Waals surface area contributed by atoms with E-state index in [0.717, 1.165) is 19.4 Å². The normalized spacial score (nSPS) is 25.5. The summed E-state index contributed by atoms with van der Waals surface area (Å²) in [5.41, 5.74) is 0. The maximum Gasteiger partial charge on any atom is 0.234 e. The standard InChI is InChI=1S/C15H20N2O3S/c18-12(14-5-2-8-21-14)9-16-15(19)10-17-6-7-20-13-4-1-3-11(13)17/h2,5,8,11,13H,1,3-4,6-7,9-10H2,(H,16,19)/t11-,13+/m0/s1. The van der Waals surface area contributed by atoms with Gasteiger partial charge in [-0.05, 0) is 30.7 Å². The molecule has 2 fully saturated rings. The molecule has 3 rings (SSSR count). The summed E-state index contributed by atoms with van der Waals surface area (Å²) in [6.07, 6.45) is 3.66. The number of nitrogens with one attached hydrogen (secondary N) is 1. The van der Waals surface area contributed by atoms with E-state index in [-0.39, 0.29) is 18.2 Å². The van der Waals surface area contributed by atoms with E-state index < -0.39 is 0 Å². The molecule has 2 atom stereocenters. The van der Waals surface area contributed by atoms with Gasteiger partial charge in [0, 0.05) is 12.6 Å². The Morgan fingerprint density at radius 3 is 3.14 bits per heavy atom. The molecule has 1 aromatic heterocycles. The van der Waals surface area contributed by atoms with Crippen LogP contribution in [0.4, 0.5) is 0 Å². The van der Waals surface area contributed by atoms with E-state index in [1.54, 1.807) is 6.07 Å². The fourth-order valence-electron chi connectivity index (χ4n) is 3.15. The van der Waals surface area contributed by atoms with E-state index in [4.69, 9.17) is 4.74 Å². The fraction of sp³-hybridized carbons (Fsp3) is 0.600. The molecule has 2 heterocycles. The van der Waals surface area contributed by atoms with Gasteiger partial charge in [0.15, 0.2) is 5.78 Å². The molecule has 0 aromatic carbocycles. The van der Waals surface area contributed by atoms with Crippen LogP contribution in [0, 0.1) is 0 Å². The third-order valence-corrected chi connectivity index (χ3v) is 5.10. The summed E-state index contributed by atoms with van der Waals surface area (Å²) in [5.74, 6) is -0.105. The van der Waals surface area contributed by atoms with Gasteiger partial charge in [-0.1, -0.05) is 6.07 Å². The molecule has 1 N–H and O–H groups in total. The highest BCUT2D eigenvalue weighted by atomic mass is 32.1. The molecule has 0 bridgehead atoms. The second-order valence-corrected chi connectivity index (χ2v) is 6.50. The van der Waals surface area contributed by atoms with Gasteiger partial charge in [-0.3, -0.25) is 14.5 Å². The van der Waals surface area contributed by atoms with Crippen molar-refractivity contribution in [1.29, 1.82) is 0 Å². The number of hydrogen-bond acceptors (Lipinski definition) is 5. The number of carbonyl (C=O) groups excluding carboxylic acids is 2. The second-order valence-electron chi connectivity index (χ2n) is 5.56. The molecule has 1 saturated heterocycles. The van der Waals surface area contributed by atoms with E-state index in [0.29, 0.717) is 30.2 Å². The molecular weight excluding hydrogens is 288 g/mol. The number of morpholine rings is 1. The zero-order valence-corrected chi connectivity index (χ0v) is 12.7. The Morgan fingerprint density at radius 2 is 2.33 bits per heavy atom. The summed E-state index contributed by atoms with van der Waals surface area (Å²) in [5, 5.41) is 4.60. The Bertz CT molecular complexity index is 503. The summed E-state index contributed by atoms with van der Waals surface area (Å²) in [4.78, 5) is 26.8. The summed E-state index contributed by atoms with van der Waals surface area (Å²) >= 11 is 1.40. The minimum absolute atomic E-state index is 0.0286. The number of carbonyl (C=O) groups is 2. The van der Waals surface area contributed by atoms with Crippen LogP contribution in [0.2, 0.25) is 0 Å². The molecule has 0 spiro atoms. The number of ether oxygens (including phenoxy) is 1. The van der Waals surface area contributed by atoms with Crippen molar-refractivity contribution in [3.63, 3.8) is 0 Å². The van der Waals surface area contributed by atoms with Crippen LogP contribution in [0.1, 0.15) is 28.9 Å². The van der Waals surface area contributed by atoms with E-state index in [1.807, 2.05) is 11.4 Å². The molecule has 2 aliphatic rings. The minimum atomic E-state index is -0.0764. The van der Waals surface area contributed by atoms with E-state index in [1.165, 1.54) is 17.8 Å². The van der Waals surface area contributed by atoms with Crippen molar-refractivity contribution in [3.05, 3.63) is 22.4 Å². The van der Waals surface area contributed by atoms with Crippen LogP contribution in [-0.4, -0.2) is 55.0 Å². The number of thiophene rings is 1.